The summed E-state index contributed by atoms with van der Waals surface area (Å²) in [6.45, 7) is 1.70. The minimum absolute atomic E-state index is 0.0797. The number of carbonyl (C=O) groups excluding carboxylic acids is 1. The van der Waals surface area contributed by atoms with E-state index in [2.05, 4.69) is 0 Å². The van der Waals surface area contributed by atoms with E-state index in [1.807, 2.05) is 19.1 Å². The van der Waals surface area contributed by atoms with Crippen LogP contribution in [0.25, 0.3) is 0 Å². The van der Waals surface area contributed by atoms with Crippen molar-refractivity contribution in [3.8, 4) is 5.75 Å². The van der Waals surface area contributed by atoms with Gasteiger partial charge in [0, 0.05) is 13.1 Å². The third-order valence-corrected chi connectivity index (χ3v) is 5.42. The molecule has 0 saturated carbocycles. The Morgan fingerprint density at radius 1 is 1.24 bits per heavy atom. The number of halogens is 1. The van der Waals surface area contributed by atoms with Crippen LogP contribution in [0.1, 0.15) is 17.5 Å². The summed E-state index contributed by atoms with van der Waals surface area (Å²) in [7, 11) is 0. The maximum absolute atomic E-state index is 13.6. The van der Waals surface area contributed by atoms with Crippen LogP contribution in [0, 0.1) is 18.2 Å². The molecule has 0 aromatic heterocycles. The fourth-order valence-electron chi connectivity index (χ4n) is 3.71. The van der Waals surface area contributed by atoms with Gasteiger partial charge in [0.25, 0.3) is 5.91 Å². The zero-order chi connectivity index (χ0) is 21.0. The van der Waals surface area contributed by atoms with Crippen LogP contribution in [-0.4, -0.2) is 52.8 Å². The molecule has 1 fully saturated rings. The predicted molar refractivity (Wildman–Crippen MR) is 104 cm³/mol. The number of hydrogen-bond acceptors (Lipinski definition) is 4. The third kappa shape index (κ3) is 4.56. The lowest BCUT2D eigenvalue weighted by Crippen LogP contribution is -2.59. The van der Waals surface area contributed by atoms with Crippen molar-refractivity contribution < 1.29 is 28.9 Å². The van der Waals surface area contributed by atoms with Crippen LogP contribution >= 0.6 is 0 Å². The number of aliphatic carboxylic acids is 1. The van der Waals surface area contributed by atoms with Crippen LogP contribution in [0.5, 0.6) is 5.75 Å². The molecule has 2 aromatic rings. The summed E-state index contributed by atoms with van der Waals surface area (Å²) in [6, 6.07) is 12.9. The Balaban J connectivity index is 1.75. The highest BCUT2D eigenvalue weighted by atomic mass is 19.1. The van der Waals surface area contributed by atoms with Gasteiger partial charge in [-0.2, -0.15) is 0 Å². The fourth-order valence-corrected chi connectivity index (χ4v) is 3.71. The van der Waals surface area contributed by atoms with E-state index in [0.29, 0.717) is 11.3 Å². The largest absolute Gasteiger partial charge is 0.484 e. The molecular weight excluding hydrogens is 377 g/mol. The number of rotatable bonds is 6. The molecule has 1 aliphatic heterocycles. The second kappa shape index (κ2) is 8.61. The molecule has 0 unspecified atom stereocenters. The molecule has 6 nitrogen and oxygen atoms in total. The van der Waals surface area contributed by atoms with Gasteiger partial charge >= 0.3 is 5.97 Å². The quantitative estimate of drug-likeness (QED) is 0.776. The highest BCUT2D eigenvalue weighted by molar-refractivity contribution is 5.81. The lowest BCUT2D eigenvalue weighted by Gasteiger charge is -2.43. The van der Waals surface area contributed by atoms with Gasteiger partial charge in [-0.3, -0.25) is 9.59 Å². The van der Waals surface area contributed by atoms with Gasteiger partial charge in [-0.05, 0) is 49.1 Å². The van der Waals surface area contributed by atoms with Crippen molar-refractivity contribution in [2.45, 2.75) is 25.9 Å². The van der Waals surface area contributed by atoms with Gasteiger partial charge in [-0.25, -0.2) is 4.39 Å². The van der Waals surface area contributed by atoms with Crippen LogP contribution in [-0.2, 0) is 16.0 Å². The average molecular weight is 401 g/mol. The highest BCUT2D eigenvalue weighted by Gasteiger charge is 2.50. The smallest absolute Gasteiger partial charge is 0.314 e. The summed E-state index contributed by atoms with van der Waals surface area (Å²) < 4.78 is 19.1. The zero-order valence-electron chi connectivity index (χ0n) is 16.2. The first-order chi connectivity index (χ1) is 13.8. The molecule has 1 aliphatic rings. The molecular formula is C22H24FNO5. The number of carboxylic acid groups (broad SMARTS) is 1. The van der Waals surface area contributed by atoms with Crippen LogP contribution in [0.2, 0.25) is 0 Å². The van der Waals surface area contributed by atoms with E-state index in [1.54, 1.807) is 18.2 Å². The lowest BCUT2D eigenvalue weighted by atomic mass is 9.73. The molecule has 1 amide bonds. The summed E-state index contributed by atoms with van der Waals surface area (Å²) in [4.78, 5) is 26.2. The van der Waals surface area contributed by atoms with Gasteiger partial charge in [-0.1, -0.05) is 30.3 Å². The fraction of sp³-hybridized carbons (Fsp3) is 0.364. The van der Waals surface area contributed by atoms with Crippen LogP contribution in [0.3, 0.4) is 0 Å². The monoisotopic (exact) mass is 401 g/mol. The Morgan fingerprint density at radius 3 is 2.69 bits per heavy atom. The zero-order valence-corrected chi connectivity index (χ0v) is 16.2. The molecule has 1 saturated heterocycles. The minimum atomic E-state index is -1.61. The molecule has 154 valence electrons. The van der Waals surface area contributed by atoms with Crippen molar-refractivity contribution in [1.29, 1.82) is 0 Å². The molecule has 0 radical (unpaired) electrons. The molecule has 2 aromatic carbocycles. The number of likely N-dealkylation sites (tertiary alicyclic amines) is 1. The van der Waals surface area contributed by atoms with Crippen LogP contribution < -0.4 is 4.74 Å². The van der Waals surface area contributed by atoms with Crippen molar-refractivity contribution in [1.82, 2.24) is 4.90 Å². The van der Waals surface area contributed by atoms with Crippen molar-refractivity contribution in [2.75, 3.05) is 19.7 Å². The Morgan fingerprint density at radius 2 is 2.00 bits per heavy atom. The van der Waals surface area contributed by atoms with E-state index in [0.717, 1.165) is 5.56 Å². The summed E-state index contributed by atoms with van der Waals surface area (Å²) in [5, 5.41) is 20.4. The number of aliphatic hydroxyl groups is 1. The molecule has 2 atom stereocenters. The number of ether oxygens (including phenoxy) is 1. The Hall–Kier alpha value is -2.93. The van der Waals surface area contributed by atoms with Crippen molar-refractivity contribution >= 4 is 11.9 Å². The Labute approximate surface area is 168 Å². The summed E-state index contributed by atoms with van der Waals surface area (Å²) in [6.07, 6.45) is -1.11. The predicted octanol–water partition coefficient (Wildman–Crippen LogP) is 2.42. The van der Waals surface area contributed by atoms with Gasteiger partial charge in [-0.15, -0.1) is 0 Å². The number of benzene rings is 2. The van der Waals surface area contributed by atoms with Crippen molar-refractivity contribution in [3.63, 3.8) is 0 Å². The molecule has 3 rings (SSSR count). The number of para-hydroxylation sites is 1. The van der Waals surface area contributed by atoms with Gasteiger partial charge in [0.15, 0.2) is 6.61 Å². The lowest BCUT2D eigenvalue weighted by molar-refractivity contribution is -0.166. The van der Waals surface area contributed by atoms with Gasteiger partial charge in [0.2, 0.25) is 0 Å². The SMILES string of the molecule is Cc1ccccc1OCC(=O)N1CC[C@H](O)[C@](Cc2cccc(F)c2)(C(=O)O)C1. The first-order valence-corrected chi connectivity index (χ1v) is 9.44. The van der Waals surface area contributed by atoms with Crippen LogP contribution in [0.4, 0.5) is 4.39 Å². The number of aliphatic hydroxyl groups excluding tert-OH is 1. The molecule has 29 heavy (non-hydrogen) atoms. The number of amides is 1. The number of piperidine rings is 1. The highest BCUT2D eigenvalue weighted by Crippen LogP contribution is 2.35. The van der Waals surface area contributed by atoms with Crippen molar-refractivity contribution in [3.05, 3.63) is 65.5 Å². The maximum Gasteiger partial charge on any atom is 0.314 e. The van der Waals surface area contributed by atoms with Crippen molar-refractivity contribution in [2.24, 2.45) is 5.41 Å². The van der Waals surface area contributed by atoms with E-state index >= 15 is 0 Å². The second-order valence-electron chi connectivity index (χ2n) is 7.44. The van der Waals surface area contributed by atoms with E-state index in [4.69, 9.17) is 4.74 Å². The third-order valence-electron chi connectivity index (χ3n) is 5.42. The second-order valence-corrected chi connectivity index (χ2v) is 7.44. The van der Waals surface area contributed by atoms with E-state index in [-0.39, 0.29) is 38.4 Å². The van der Waals surface area contributed by atoms with Gasteiger partial charge < -0.3 is 19.8 Å². The first kappa shape index (κ1) is 20.8. The molecule has 0 spiro atoms. The van der Waals surface area contributed by atoms with E-state index in [1.165, 1.54) is 23.1 Å². The van der Waals surface area contributed by atoms with Crippen LogP contribution in [0.15, 0.2) is 48.5 Å². The molecule has 0 bridgehead atoms. The standard InChI is InChI=1S/C22H24FNO5/c1-15-5-2-3-8-18(15)29-13-20(26)24-10-9-19(25)22(14-24,21(27)28)12-16-6-4-7-17(23)11-16/h2-8,11,19,25H,9-10,12-14H2,1H3,(H,27,28)/t19-,22+/m0/s1. The average Bonchev–Trinajstić information content (AvgIpc) is 2.68. The van der Waals surface area contributed by atoms with E-state index < -0.39 is 23.3 Å². The normalized spacial score (nSPS) is 21.6. The number of nitrogens with zero attached hydrogens (tertiary/aromatic N) is 1. The van der Waals surface area contributed by atoms with Gasteiger partial charge in [0.05, 0.1) is 6.10 Å². The first-order valence-electron chi connectivity index (χ1n) is 9.44. The molecule has 0 aliphatic carbocycles. The number of aryl methyl sites for hydroxylation is 1. The maximum atomic E-state index is 13.6. The minimum Gasteiger partial charge on any atom is -0.484 e. The van der Waals surface area contributed by atoms with E-state index in [9.17, 15) is 24.2 Å². The Kier molecular flexibility index (Phi) is 6.17. The molecule has 7 heteroatoms. The Bertz CT molecular complexity index is 902. The topological polar surface area (TPSA) is 87.1 Å². The van der Waals surface area contributed by atoms with Gasteiger partial charge in [0.1, 0.15) is 17.0 Å². The molecule has 1 heterocycles. The summed E-state index contributed by atoms with van der Waals surface area (Å²) >= 11 is 0. The molecule has 2 N–H and O–H groups in total. The summed E-state index contributed by atoms with van der Waals surface area (Å²) in [5.74, 6) is -1.47. The summed E-state index contributed by atoms with van der Waals surface area (Å²) in [5.41, 5.74) is -0.262. The number of hydrogen-bond donors (Lipinski definition) is 2. The number of carbonyl (C=O) groups is 2. The number of carboxylic acids is 1.